The van der Waals surface area contributed by atoms with E-state index in [9.17, 15) is 9.59 Å². The average Bonchev–Trinajstić information content (AvgIpc) is 3.16. The molecule has 0 aromatic heterocycles. The summed E-state index contributed by atoms with van der Waals surface area (Å²) in [4.78, 5) is 26.4. The fourth-order valence-electron chi connectivity index (χ4n) is 2.98. The first-order chi connectivity index (χ1) is 12.5. The van der Waals surface area contributed by atoms with Crippen molar-refractivity contribution in [3.8, 4) is 0 Å². The first-order valence-corrected chi connectivity index (χ1v) is 9.40. The lowest BCUT2D eigenvalue weighted by molar-refractivity contribution is -0.119. The first kappa shape index (κ1) is 18.5. The number of carbonyl (C=O) groups is 2. The topological polar surface area (TPSA) is 58.6 Å². The predicted octanol–water partition coefficient (Wildman–Crippen LogP) is 4.15. The lowest BCUT2D eigenvalue weighted by Gasteiger charge is -2.19. The second-order valence-corrected chi connectivity index (χ2v) is 7.24. The molecule has 2 aromatic rings. The molecule has 1 fully saturated rings. The zero-order valence-corrected chi connectivity index (χ0v) is 16.2. The lowest BCUT2D eigenvalue weighted by Crippen LogP contribution is -2.22. The molecule has 1 saturated heterocycles. The number of amides is 1. The fraction of sp³-hybridized carbons (Fsp3) is 0.300. The van der Waals surface area contributed by atoms with Gasteiger partial charge in [0.15, 0.2) is 6.61 Å². The molecule has 1 amide bonds. The maximum Gasteiger partial charge on any atom is 0.338 e. The SMILES string of the molecule is Cc1cc(N2CCCC2)ccc1NC(=O)COC(=O)c1cccc(Br)c1. The number of nitrogens with one attached hydrogen (secondary N) is 1. The molecule has 0 aliphatic carbocycles. The van der Waals surface area contributed by atoms with Crippen molar-refractivity contribution in [2.75, 3.05) is 29.9 Å². The fourth-order valence-corrected chi connectivity index (χ4v) is 3.38. The molecule has 3 rings (SSSR count). The van der Waals surface area contributed by atoms with Crippen molar-refractivity contribution in [1.82, 2.24) is 0 Å². The number of esters is 1. The predicted molar refractivity (Wildman–Crippen MR) is 106 cm³/mol. The molecule has 0 radical (unpaired) electrons. The van der Waals surface area contributed by atoms with Crippen LogP contribution in [0.4, 0.5) is 11.4 Å². The van der Waals surface area contributed by atoms with Crippen molar-refractivity contribution >= 4 is 39.2 Å². The van der Waals surface area contributed by atoms with E-state index in [1.165, 1.54) is 18.5 Å². The zero-order chi connectivity index (χ0) is 18.5. The van der Waals surface area contributed by atoms with Crippen LogP contribution in [0.1, 0.15) is 28.8 Å². The number of aryl methyl sites for hydroxylation is 1. The smallest absolute Gasteiger partial charge is 0.338 e. The number of benzene rings is 2. The Hall–Kier alpha value is -2.34. The molecule has 1 aliphatic heterocycles. The molecule has 26 heavy (non-hydrogen) atoms. The Labute approximate surface area is 161 Å². The summed E-state index contributed by atoms with van der Waals surface area (Å²) >= 11 is 3.30. The van der Waals surface area contributed by atoms with Gasteiger partial charge in [-0.05, 0) is 61.7 Å². The van der Waals surface area contributed by atoms with Gasteiger partial charge in [-0.15, -0.1) is 0 Å². The van der Waals surface area contributed by atoms with Crippen molar-refractivity contribution in [3.63, 3.8) is 0 Å². The van der Waals surface area contributed by atoms with Crippen LogP contribution >= 0.6 is 15.9 Å². The first-order valence-electron chi connectivity index (χ1n) is 8.61. The number of nitrogens with zero attached hydrogens (tertiary/aromatic N) is 1. The van der Waals surface area contributed by atoms with Crippen LogP contribution in [-0.2, 0) is 9.53 Å². The standard InChI is InChI=1S/C20H21BrN2O3/c1-14-11-17(23-9-2-3-10-23)7-8-18(14)22-19(24)13-26-20(25)15-5-4-6-16(21)12-15/h4-8,11-12H,2-3,9-10,13H2,1H3,(H,22,24). The van der Waals surface area contributed by atoms with E-state index in [0.717, 1.165) is 28.8 Å². The minimum atomic E-state index is -0.525. The second-order valence-electron chi connectivity index (χ2n) is 6.33. The summed E-state index contributed by atoms with van der Waals surface area (Å²) in [5, 5.41) is 2.80. The molecule has 6 heteroatoms. The Bertz CT molecular complexity index is 816. The maximum atomic E-state index is 12.1. The molecular weight excluding hydrogens is 396 g/mol. The van der Waals surface area contributed by atoms with E-state index in [0.29, 0.717) is 5.56 Å². The summed E-state index contributed by atoms with van der Waals surface area (Å²) in [6.07, 6.45) is 2.45. The molecular formula is C20H21BrN2O3. The minimum absolute atomic E-state index is 0.321. The van der Waals surface area contributed by atoms with Crippen LogP contribution in [0, 0.1) is 6.92 Å². The van der Waals surface area contributed by atoms with E-state index >= 15 is 0 Å². The molecule has 0 saturated carbocycles. The van der Waals surface area contributed by atoms with E-state index in [2.05, 4.69) is 32.2 Å². The third-order valence-electron chi connectivity index (χ3n) is 4.35. The van der Waals surface area contributed by atoms with Crippen LogP contribution in [-0.4, -0.2) is 31.6 Å². The van der Waals surface area contributed by atoms with Crippen molar-refractivity contribution in [2.45, 2.75) is 19.8 Å². The van der Waals surface area contributed by atoms with E-state index in [1.807, 2.05) is 25.1 Å². The van der Waals surface area contributed by atoms with Gasteiger partial charge in [0.25, 0.3) is 5.91 Å². The monoisotopic (exact) mass is 416 g/mol. The van der Waals surface area contributed by atoms with Crippen molar-refractivity contribution in [3.05, 3.63) is 58.1 Å². The molecule has 2 aromatic carbocycles. The molecule has 0 atom stereocenters. The summed E-state index contributed by atoms with van der Waals surface area (Å²) in [6.45, 7) is 3.80. The van der Waals surface area contributed by atoms with E-state index in [-0.39, 0.29) is 12.5 Å². The number of halogens is 1. The van der Waals surface area contributed by atoms with Gasteiger partial charge in [0, 0.05) is 28.9 Å². The molecule has 0 unspecified atom stereocenters. The number of ether oxygens (including phenoxy) is 1. The summed E-state index contributed by atoms with van der Waals surface area (Å²) in [5.41, 5.74) is 3.30. The maximum absolute atomic E-state index is 12.1. The van der Waals surface area contributed by atoms with Crippen LogP contribution in [0.25, 0.3) is 0 Å². The Balaban J connectivity index is 1.55. The van der Waals surface area contributed by atoms with Gasteiger partial charge in [0.1, 0.15) is 0 Å². The Kier molecular flexibility index (Phi) is 5.93. The van der Waals surface area contributed by atoms with E-state index in [1.54, 1.807) is 18.2 Å². The molecule has 0 spiro atoms. The highest BCUT2D eigenvalue weighted by Crippen LogP contribution is 2.25. The average molecular weight is 417 g/mol. The van der Waals surface area contributed by atoms with Crippen LogP contribution in [0.5, 0.6) is 0 Å². The van der Waals surface area contributed by atoms with Crippen LogP contribution < -0.4 is 10.2 Å². The van der Waals surface area contributed by atoms with Gasteiger partial charge in [0.2, 0.25) is 0 Å². The highest BCUT2D eigenvalue weighted by Gasteiger charge is 2.14. The largest absolute Gasteiger partial charge is 0.452 e. The number of hydrogen-bond acceptors (Lipinski definition) is 4. The third kappa shape index (κ3) is 4.64. The Morgan fingerprint density at radius 1 is 1.15 bits per heavy atom. The van der Waals surface area contributed by atoms with Gasteiger partial charge in [-0.25, -0.2) is 4.79 Å². The van der Waals surface area contributed by atoms with Crippen molar-refractivity contribution in [2.24, 2.45) is 0 Å². The molecule has 1 aliphatic rings. The van der Waals surface area contributed by atoms with Crippen LogP contribution in [0.3, 0.4) is 0 Å². The number of hydrogen-bond donors (Lipinski definition) is 1. The van der Waals surface area contributed by atoms with Crippen LogP contribution in [0.15, 0.2) is 46.9 Å². The number of rotatable bonds is 5. The second kappa shape index (κ2) is 8.36. The minimum Gasteiger partial charge on any atom is -0.452 e. The van der Waals surface area contributed by atoms with Crippen molar-refractivity contribution < 1.29 is 14.3 Å². The van der Waals surface area contributed by atoms with Gasteiger partial charge in [-0.3, -0.25) is 4.79 Å². The summed E-state index contributed by atoms with van der Waals surface area (Å²) in [6, 6.07) is 12.9. The number of carbonyl (C=O) groups excluding carboxylic acids is 2. The van der Waals surface area contributed by atoms with E-state index in [4.69, 9.17) is 4.74 Å². The molecule has 0 bridgehead atoms. The Morgan fingerprint density at radius 3 is 2.62 bits per heavy atom. The van der Waals surface area contributed by atoms with Crippen LogP contribution in [0.2, 0.25) is 0 Å². The van der Waals surface area contributed by atoms with Crippen molar-refractivity contribution in [1.29, 1.82) is 0 Å². The highest BCUT2D eigenvalue weighted by molar-refractivity contribution is 9.10. The van der Waals surface area contributed by atoms with E-state index < -0.39 is 5.97 Å². The highest BCUT2D eigenvalue weighted by atomic mass is 79.9. The molecule has 1 N–H and O–H groups in total. The summed E-state index contributed by atoms with van der Waals surface area (Å²) in [7, 11) is 0. The molecule has 1 heterocycles. The lowest BCUT2D eigenvalue weighted by atomic mass is 10.1. The van der Waals surface area contributed by atoms with Gasteiger partial charge in [0.05, 0.1) is 5.56 Å². The quantitative estimate of drug-likeness (QED) is 0.743. The Morgan fingerprint density at radius 2 is 1.92 bits per heavy atom. The molecule has 5 nitrogen and oxygen atoms in total. The summed E-state index contributed by atoms with van der Waals surface area (Å²) < 4.78 is 5.86. The normalized spacial score (nSPS) is 13.5. The summed E-state index contributed by atoms with van der Waals surface area (Å²) in [5.74, 6) is -0.882. The van der Waals surface area contributed by atoms with Gasteiger partial charge in [-0.1, -0.05) is 22.0 Å². The van der Waals surface area contributed by atoms with Gasteiger partial charge >= 0.3 is 5.97 Å². The zero-order valence-electron chi connectivity index (χ0n) is 14.6. The van der Waals surface area contributed by atoms with Gasteiger partial charge in [-0.2, -0.15) is 0 Å². The number of anilines is 2. The van der Waals surface area contributed by atoms with Gasteiger partial charge < -0.3 is 15.0 Å². The molecule has 136 valence electrons. The third-order valence-corrected chi connectivity index (χ3v) is 4.84.